The maximum absolute atomic E-state index is 12.4. The number of carbonyl (C=O) groups excluding carboxylic acids is 1. The number of carboxylic acid groups (broad SMARTS) is 1. The van der Waals surface area contributed by atoms with E-state index in [1.165, 1.54) is 0 Å². The SMILES string of the molecule is CC1(CNC(=O)N(CC(=O)O)CC(F)(F)F)CCCCC1. The molecule has 0 heterocycles. The Bertz CT molecular complexity index is 379. The Kier molecular flexibility index (Phi) is 5.86. The molecular weight excluding hydrogens is 289 g/mol. The highest BCUT2D eigenvalue weighted by Crippen LogP contribution is 2.34. The van der Waals surface area contributed by atoms with E-state index in [4.69, 9.17) is 5.11 Å². The van der Waals surface area contributed by atoms with Crippen molar-refractivity contribution in [2.24, 2.45) is 5.41 Å². The molecular formula is C13H21F3N2O3. The fraction of sp³-hybridized carbons (Fsp3) is 0.846. The van der Waals surface area contributed by atoms with Crippen LogP contribution in [0.3, 0.4) is 0 Å². The second kappa shape index (κ2) is 7.00. The number of nitrogens with one attached hydrogen (secondary N) is 1. The number of nitrogens with zero attached hydrogens (tertiary/aromatic N) is 1. The van der Waals surface area contributed by atoms with E-state index >= 15 is 0 Å². The van der Waals surface area contributed by atoms with Crippen LogP contribution in [0.5, 0.6) is 0 Å². The number of amides is 2. The predicted octanol–water partition coefficient (Wildman–Crippen LogP) is 2.62. The van der Waals surface area contributed by atoms with Gasteiger partial charge in [0.15, 0.2) is 0 Å². The van der Waals surface area contributed by atoms with Crippen LogP contribution in [0, 0.1) is 5.41 Å². The number of hydrogen-bond donors (Lipinski definition) is 2. The second-order valence-electron chi connectivity index (χ2n) is 5.90. The number of aliphatic carboxylic acids is 1. The molecule has 8 heteroatoms. The molecule has 0 spiro atoms. The third-order valence-electron chi connectivity index (χ3n) is 3.71. The Morgan fingerprint density at radius 2 is 1.81 bits per heavy atom. The summed E-state index contributed by atoms with van der Waals surface area (Å²) in [4.78, 5) is 22.6. The van der Waals surface area contributed by atoms with E-state index < -0.39 is 31.3 Å². The molecule has 0 aliphatic heterocycles. The molecule has 122 valence electrons. The van der Waals surface area contributed by atoms with E-state index in [1.54, 1.807) is 0 Å². The lowest BCUT2D eigenvalue weighted by Gasteiger charge is -2.34. The Hall–Kier alpha value is -1.47. The molecule has 1 saturated carbocycles. The van der Waals surface area contributed by atoms with Crippen molar-refractivity contribution in [3.05, 3.63) is 0 Å². The van der Waals surface area contributed by atoms with Crippen LogP contribution < -0.4 is 5.32 Å². The Morgan fingerprint density at radius 1 is 1.24 bits per heavy atom. The highest BCUT2D eigenvalue weighted by atomic mass is 19.4. The number of urea groups is 1. The van der Waals surface area contributed by atoms with Crippen molar-refractivity contribution in [2.75, 3.05) is 19.6 Å². The highest BCUT2D eigenvalue weighted by molar-refractivity contribution is 5.80. The van der Waals surface area contributed by atoms with Gasteiger partial charge < -0.3 is 15.3 Å². The smallest absolute Gasteiger partial charge is 0.406 e. The van der Waals surface area contributed by atoms with E-state index in [2.05, 4.69) is 5.32 Å². The molecule has 0 aromatic carbocycles. The normalized spacial score (nSPS) is 18.1. The molecule has 2 N–H and O–H groups in total. The summed E-state index contributed by atoms with van der Waals surface area (Å²) in [6.45, 7) is -0.290. The van der Waals surface area contributed by atoms with Gasteiger partial charge in [-0.05, 0) is 18.3 Å². The van der Waals surface area contributed by atoms with Crippen LogP contribution in [0.2, 0.25) is 0 Å². The first kappa shape index (κ1) is 17.6. The molecule has 1 aliphatic rings. The first-order chi connectivity index (χ1) is 9.61. The lowest BCUT2D eigenvalue weighted by Crippen LogP contribution is -2.49. The summed E-state index contributed by atoms with van der Waals surface area (Å²) in [5.74, 6) is -1.47. The van der Waals surface area contributed by atoms with E-state index in [0.717, 1.165) is 32.1 Å². The third-order valence-corrected chi connectivity index (χ3v) is 3.71. The molecule has 0 aromatic heterocycles. The van der Waals surface area contributed by atoms with Gasteiger partial charge in [0, 0.05) is 6.54 Å². The van der Waals surface area contributed by atoms with Crippen molar-refractivity contribution < 1.29 is 27.9 Å². The zero-order chi connectivity index (χ0) is 16.1. The van der Waals surface area contributed by atoms with Crippen molar-refractivity contribution in [1.29, 1.82) is 0 Å². The van der Waals surface area contributed by atoms with Gasteiger partial charge in [0.1, 0.15) is 13.1 Å². The van der Waals surface area contributed by atoms with Gasteiger partial charge in [-0.3, -0.25) is 4.79 Å². The number of hydrogen-bond acceptors (Lipinski definition) is 2. The summed E-state index contributed by atoms with van der Waals surface area (Å²) in [6.07, 6.45) is 0.392. The van der Waals surface area contributed by atoms with Crippen LogP contribution in [0.1, 0.15) is 39.0 Å². The van der Waals surface area contributed by atoms with Crippen molar-refractivity contribution in [2.45, 2.75) is 45.2 Å². The first-order valence-corrected chi connectivity index (χ1v) is 6.93. The van der Waals surface area contributed by atoms with Gasteiger partial charge in [-0.2, -0.15) is 13.2 Å². The number of carbonyl (C=O) groups is 2. The summed E-state index contributed by atoms with van der Waals surface area (Å²) in [6, 6.07) is -0.985. The fourth-order valence-electron chi connectivity index (χ4n) is 2.56. The van der Waals surface area contributed by atoms with Gasteiger partial charge >= 0.3 is 18.2 Å². The molecule has 21 heavy (non-hydrogen) atoms. The van der Waals surface area contributed by atoms with E-state index in [-0.39, 0.29) is 16.9 Å². The summed E-state index contributed by atoms with van der Waals surface area (Å²) in [5.41, 5.74) is -0.124. The molecule has 1 fully saturated rings. The lowest BCUT2D eigenvalue weighted by atomic mass is 9.76. The topological polar surface area (TPSA) is 69.6 Å². The molecule has 1 rings (SSSR count). The van der Waals surface area contributed by atoms with Crippen LogP contribution in [0.25, 0.3) is 0 Å². The van der Waals surface area contributed by atoms with Gasteiger partial charge in [0.05, 0.1) is 0 Å². The van der Waals surface area contributed by atoms with Crippen LogP contribution in [-0.2, 0) is 4.79 Å². The summed E-state index contributed by atoms with van der Waals surface area (Å²) >= 11 is 0. The van der Waals surface area contributed by atoms with Crippen molar-refractivity contribution >= 4 is 12.0 Å². The number of carboxylic acids is 1. The molecule has 0 bridgehead atoms. The largest absolute Gasteiger partial charge is 0.480 e. The maximum atomic E-state index is 12.4. The van der Waals surface area contributed by atoms with Gasteiger partial charge in [0.2, 0.25) is 0 Å². The molecule has 0 atom stereocenters. The molecule has 1 aliphatic carbocycles. The Morgan fingerprint density at radius 3 is 2.29 bits per heavy atom. The average molecular weight is 310 g/mol. The van der Waals surface area contributed by atoms with E-state index in [9.17, 15) is 22.8 Å². The van der Waals surface area contributed by atoms with Gasteiger partial charge in [-0.1, -0.05) is 26.2 Å². The minimum atomic E-state index is -4.62. The van der Waals surface area contributed by atoms with Crippen LogP contribution in [-0.4, -0.2) is 47.8 Å². The average Bonchev–Trinajstić information content (AvgIpc) is 2.34. The van der Waals surface area contributed by atoms with Gasteiger partial charge in [0.25, 0.3) is 0 Å². The number of alkyl halides is 3. The lowest BCUT2D eigenvalue weighted by molar-refractivity contribution is -0.149. The van der Waals surface area contributed by atoms with Gasteiger partial charge in [-0.15, -0.1) is 0 Å². The monoisotopic (exact) mass is 310 g/mol. The van der Waals surface area contributed by atoms with Crippen molar-refractivity contribution in [3.63, 3.8) is 0 Å². The van der Waals surface area contributed by atoms with Crippen molar-refractivity contribution in [1.82, 2.24) is 10.2 Å². The highest BCUT2D eigenvalue weighted by Gasteiger charge is 2.35. The Balaban J connectivity index is 2.57. The van der Waals surface area contributed by atoms with Crippen molar-refractivity contribution in [3.8, 4) is 0 Å². The molecule has 0 aromatic rings. The predicted molar refractivity (Wildman–Crippen MR) is 69.9 cm³/mol. The zero-order valence-corrected chi connectivity index (χ0v) is 12.0. The van der Waals surface area contributed by atoms with E-state index in [0.29, 0.717) is 0 Å². The summed E-state index contributed by atoms with van der Waals surface area (Å²) in [7, 11) is 0. The minimum Gasteiger partial charge on any atom is -0.480 e. The molecule has 0 saturated heterocycles. The molecule has 0 radical (unpaired) electrons. The molecule has 0 unspecified atom stereocenters. The zero-order valence-electron chi connectivity index (χ0n) is 12.0. The summed E-state index contributed by atoms with van der Waals surface area (Å²) in [5, 5.41) is 11.1. The second-order valence-corrected chi connectivity index (χ2v) is 5.90. The fourth-order valence-corrected chi connectivity index (χ4v) is 2.56. The minimum absolute atomic E-state index is 0.124. The first-order valence-electron chi connectivity index (χ1n) is 6.93. The molecule has 2 amide bonds. The third kappa shape index (κ3) is 6.68. The van der Waals surface area contributed by atoms with Crippen LogP contribution in [0.4, 0.5) is 18.0 Å². The van der Waals surface area contributed by atoms with Crippen LogP contribution in [0.15, 0.2) is 0 Å². The quantitative estimate of drug-likeness (QED) is 0.820. The Labute approximate surface area is 121 Å². The molecule has 5 nitrogen and oxygen atoms in total. The summed E-state index contributed by atoms with van der Waals surface area (Å²) < 4.78 is 37.1. The van der Waals surface area contributed by atoms with Gasteiger partial charge in [-0.25, -0.2) is 4.79 Å². The standard InChI is InChI=1S/C13H21F3N2O3/c1-12(5-3-2-4-6-12)8-17-11(21)18(7-10(19)20)9-13(14,15)16/h2-9H2,1H3,(H,17,21)(H,19,20). The van der Waals surface area contributed by atoms with E-state index in [1.807, 2.05) is 6.92 Å². The number of halogens is 3. The number of rotatable bonds is 5. The van der Waals surface area contributed by atoms with Crippen LogP contribution >= 0.6 is 0 Å². The maximum Gasteiger partial charge on any atom is 0.406 e.